The van der Waals surface area contributed by atoms with Gasteiger partial charge in [0.05, 0.1) is 0 Å². The summed E-state index contributed by atoms with van der Waals surface area (Å²) in [5.74, 6) is 0.288. The van der Waals surface area contributed by atoms with Gasteiger partial charge in [-0.15, -0.1) is 0 Å². The van der Waals surface area contributed by atoms with Crippen molar-refractivity contribution in [3.63, 3.8) is 0 Å². The number of rotatable bonds is 7. The summed E-state index contributed by atoms with van der Waals surface area (Å²) in [7, 11) is 0. The quantitative estimate of drug-likeness (QED) is 0.829. The molecule has 0 saturated heterocycles. The molecule has 2 aliphatic rings. The van der Waals surface area contributed by atoms with Crippen LogP contribution in [-0.4, -0.2) is 29.4 Å². The molecule has 3 rings (SSSR count). The van der Waals surface area contributed by atoms with Crippen LogP contribution in [0.3, 0.4) is 0 Å². The molecule has 20 heavy (non-hydrogen) atoms. The molecule has 0 bridgehead atoms. The highest BCUT2D eigenvalue weighted by Gasteiger charge is 2.32. The third-order valence-corrected chi connectivity index (χ3v) is 4.73. The summed E-state index contributed by atoms with van der Waals surface area (Å²) in [6.07, 6.45) is 5.49. The third kappa shape index (κ3) is 3.83. The monoisotopic (exact) mass is 336 g/mol. The lowest BCUT2D eigenvalue weighted by atomic mass is 10.2. The molecule has 0 aromatic heterocycles. The van der Waals surface area contributed by atoms with Crippen LogP contribution in [0.1, 0.15) is 37.7 Å². The van der Waals surface area contributed by atoms with Crippen LogP contribution in [0, 0.1) is 0 Å². The number of carbonyl (C=O) groups is 1. The minimum absolute atomic E-state index is 0.288. The van der Waals surface area contributed by atoms with Gasteiger partial charge in [-0.05, 0) is 37.3 Å². The highest BCUT2D eigenvalue weighted by molar-refractivity contribution is 9.10. The van der Waals surface area contributed by atoms with Crippen molar-refractivity contribution >= 4 is 21.8 Å². The van der Waals surface area contributed by atoms with Gasteiger partial charge in [-0.3, -0.25) is 4.79 Å². The zero-order chi connectivity index (χ0) is 13.9. The Morgan fingerprint density at radius 3 is 2.65 bits per heavy atom. The van der Waals surface area contributed by atoms with Crippen LogP contribution in [0.5, 0.6) is 0 Å². The molecule has 108 valence electrons. The molecule has 1 aromatic rings. The molecule has 1 amide bonds. The first-order valence-electron chi connectivity index (χ1n) is 7.50. The molecule has 2 fully saturated rings. The molecule has 2 aliphatic carbocycles. The highest BCUT2D eigenvalue weighted by Crippen LogP contribution is 2.30. The van der Waals surface area contributed by atoms with Crippen LogP contribution in [0.25, 0.3) is 0 Å². The predicted octanol–water partition coefficient (Wildman–Crippen LogP) is 3.08. The Kier molecular flexibility index (Phi) is 4.41. The van der Waals surface area contributed by atoms with Crippen molar-refractivity contribution in [3.8, 4) is 0 Å². The van der Waals surface area contributed by atoms with Crippen LogP contribution in [0.2, 0.25) is 0 Å². The van der Waals surface area contributed by atoms with Gasteiger partial charge in [0.1, 0.15) is 0 Å². The van der Waals surface area contributed by atoms with Crippen LogP contribution >= 0.6 is 15.9 Å². The number of carbonyl (C=O) groups excluding carboxylic acids is 1. The van der Waals surface area contributed by atoms with E-state index in [1.165, 1.54) is 18.4 Å². The van der Waals surface area contributed by atoms with Gasteiger partial charge < -0.3 is 10.2 Å². The van der Waals surface area contributed by atoms with Crippen LogP contribution in [-0.2, 0) is 11.3 Å². The fourth-order valence-corrected chi connectivity index (χ4v) is 2.84. The van der Waals surface area contributed by atoms with Crippen molar-refractivity contribution in [1.29, 1.82) is 0 Å². The van der Waals surface area contributed by atoms with Gasteiger partial charge in [0, 0.05) is 36.1 Å². The Balaban J connectivity index is 1.57. The van der Waals surface area contributed by atoms with Crippen LogP contribution < -0.4 is 5.32 Å². The smallest absolute Gasteiger partial charge is 0.224 e. The Morgan fingerprint density at radius 2 is 2.00 bits per heavy atom. The summed E-state index contributed by atoms with van der Waals surface area (Å²) in [5, 5.41) is 3.42. The van der Waals surface area contributed by atoms with E-state index in [2.05, 4.69) is 32.2 Å². The molecule has 0 atom stereocenters. The number of nitrogens with one attached hydrogen (secondary N) is 1. The molecule has 1 N–H and O–H groups in total. The highest BCUT2D eigenvalue weighted by atomic mass is 79.9. The molecular formula is C16H21BrN2O. The summed E-state index contributed by atoms with van der Waals surface area (Å²) >= 11 is 3.57. The van der Waals surface area contributed by atoms with E-state index in [1.807, 2.05) is 18.2 Å². The van der Waals surface area contributed by atoms with Crippen molar-refractivity contribution in [3.05, 3.63) is 34.3 Å². The van der Waals surface area contributed by atoms with E-state index in [9.17, 15) is 4.79 Å². The lowest BCUT2D eigenvalue weighted by Crippen LogP contribution is -2.35. The van der Waals surface area contributed by atoms with Gasteiger partial charge in [0.25, 0.3) is 0 Å². The number of nitrogens with zero attached hydrogens (tertiary/aromatic N) is 1. The minimum Gasteiger partial charge on any atom is -0.335 e. The standard InChI is InChI=1S/C16H21BrN2O/c17-15-4-2-1-3-12(15)11-19(14-7-8-14)16(20)9-10-18-13-5-6-13/h1-4,13-14,18H,5-11H2. The topological polar surface area (TPSA) is 32.3 Å². The predicted molar refractivity (Wildman–Crippen MR) is 83.4 cm³/mol. The normalized spacial score (nSPS) is 18.1. The lowest BCUT2D eigenvalue weighted by molar-refractivity contribution is -0.132. The van der Waals surface area contributed by atoms with Crippen molar-refractivity contribution in [2.45, 2.75) is 50.7 Å². The number of halogens is 1. The molecule has 3 nitrogen and oxygen atoms in total. The molecule has 0 unspecified atom stereocenters. The zero-order valence-corrected chi connectivity index (χ0v) is 13.2. The Labute approximate surface area is 128 Å². The largest absolute Gasteiger partial charge is 0.335 e. The lowest BCUT2D eigenvalue weighted by Gasteiger charge is -2.23. The third-order valence-electron chi connectivity index (χ3n) is 3.96. The van der Waals surface area contributed by atoms with Crippen LogP contribution in [0.15, 0.2) is 28.7 Å². The maximum Gasteiger partial charge on any atom is 0.224 e. The van der Waals surface area contributed by atoms with E-state index in [-0.39, 0.29) is 5.91 Å². The molecule has 4 heteroatoms. The molecule has 0 radical (unpaired) electrons. The number of amides is 1. The fourth-order valence-electron chi connectivity index (χ4n) is 2.43. The van der Waals surface area contributed by atoms with Gasteiger partial charge in [-0.1, -0.05) is 34.1 Å². The van der Waals surface area contributed by atoms with Gasteiger partial charge in [0.2, 0.25) is 5.91 Å². The molecule has 0 aliphatic heterocycles. The first-order chi connectivity index (χ1) is 9.74. The van der Waals surface area contributed by atoms with Crippen molar-refractivity contribution < 1.29 is 4.79 Å². The Morgan fingerprint density at radius 1 is 1.25 bits per heavy atom. The minimum atomic E-state index is 0.288. The Bertz CT molecular complexity index is 483. The Hall–Kier alpha value is -0.870. The molecular weight excluding hydrogens is 316 g/mol. The number of hydrogen-bond acceptors (Lipinski definition) is 2. The average Bonchev–Trinajstić information content (AvgIpc) is 3.31. The van der Waals surface area contributed by atoms with E-state index in [0.29, 0.717) is 18.5 Å². The molecule has 0 spiro atoms. The van der Waals surface area contributed by atoms with Crippen molar-refractivity contribution in [1.82, 2.24) is 10.2 Å². The van der Waals surface area contributed by atoms with E-state index in [0.717, 1.165) is 30.4 Å². The SMILES string of the molecule is O=C(CCNC1CC1)N(Cc1ccccc1Br)C1CC1. The van der Waals surface area contributed by atoms with Gasteiger partial charge in [-0.25, -0.2) is 0 Å². The molecule has 2 saturated carbocycles. The summed E-state index contributed by atoms with van der Waals surface area (Å²) < 4.78 is 1.09. The maximum atomic E-state index is 12.4. The summed E-state index contributed by atoms with van der Waals surface area (Å²) in [6.45, 7) is 1.55. The van der Waals surface area contributed by atoms with Crippen molar-refractivity contribution in [2.24, 2.45) is 0 Å². The second-order valence-corrected chi connectivity index (χ2v) is 6.68. The van der Waals surface area contributed by atoms with Gasteiger partial charge in [0.15, 0.2) is 0 Å². The fraction of sp³-hybridized carbons (Fsp3) is 0.562. The number of benzene rings is 1. The number of hydrogen-bond donors (Lipinski definition) is 1. The van der Waals surface area contributed by atoms with Gasteiger partial charge >= 0.3 is 0 Å². The molecule has 1 aromatic carbocycles. The first kappa shape index (κ1) is 14.1. The summed E-state index contributed by atoms with van der Waals surface area (Å²) in [5.41, 5.74) is 1.20. The summed E-state index contributed by atoms with van der Waals surface area (Å²) in [6, 6.07) is 9.33. The van der Waals surface area contributed by atoms with E-state index in [4.69, 9.17) is 0 Å². The second-order valence-electron chi connectivity index (χ2n) is 5.82. The van der Waals surface area contributed by atoms with Crippen LogP contribution in [0.4, 0.5) is 0 Å². The van der Waals surface area contributed by atoms with E-state index < -0.39 is 0 Å². The van der Waals surface area contributed by atoms with Gasteiger partial charge in [-0.2, -0.15) is 0 Å². The maximum absolute atomic E-state index is 12.4. The van der Waals surface area contributed by atoms with Crippen molar-refractivity contribution in [2.75, 3.05) is 6.54 Å². The second kappa shape index (κ2) is 6.27. The average molecular weight is 337 g/mol. The summed E-state index contributed by atoms with van der Waals surface area (Å²) in [4.78, 5) is 14.5. The van der Waals surface area contributed by atoms with E-state index in [1.54, 1.807) is 0 Å². The van der Waals surface area contributed by atoms with E-state index >= 15 is 0 Å². The first-order valence-corrected chi connectivity index (χ1v) is 8.29. The molecule has 0 heterocycles. The zero-order valence-electron chi connectivity index (χ0n) is 11.6.